The summed E-state index contributed by atoms with van der Waals surface area (Å²) in [6.07, 6.45) is 45.1. The molecule has 0 bridgehead atoms. The number of benzene rings is 1. The van der Waals surface area contributed by atoms with Crippen LogP contribution in [0.2, 0.25) is 0 Å². The minimum absolute atomic E-state index is 0.502. The summed E-state index contributed by atoms with van der Waals surface area (Å²) in [4.78, 5) is 5.18. The molecule has 1 heterocycles. The van der Waals surface area contributed by atoms with E-state index in [4.69, 9.17) is 0 Å². The molecule has 2 rings (SSSR count). The fourth-order valence-corrected chi connectivity index (χ4v) is 6.74. The van der Waals surface area contributed by atoms with E-state index in [2.05, 4.69) is 66.4 Å². The molecule has 1 aliphatic rings. The number of nitrogens with zero attached hydrogens (tertiary/aromatic N) is 2. The topological polar surface area (TPSA) is 6.48 Å². The summed E-state index contributed by atoms with van der Waals surface area (Å²) in [5, 5.41) is 0. The number of rotatable bonds is 30. The largest absolute Gasteiger partial charge is 0.356 e. The Kier molecular flexibility index (Phi) is 23.7. The van der Waals surface area contributed by atoms with Gasteiger partial charge in [0.25, 0.3) is 0 Å². The van der Waals surface area contributed by atoms with Gasteiger partial charge in [-0.25, -0.2) is 0 Å². The number of para-hydroxylation sites is 1. The Bertz CT molecular complexity index is 714. The zero-order valence-corrected chi connectivity index (χ0v) is 28.5. The van der Waals surface area contributed by atoms with Crippen LogP contribution in [0.1, 0.15) is 194 Å². The number of hydrogen-bond donors (Lipinski definition) is 0. The lowest BCUT2D eigenvalue weighted by Crippen LogP contribution is -2.39. The molecule has 42 heavy (non-hydrogen) atoms. The molecule has 1 aliphatic heterocycles. The fraction of sp³-hybridized carbons (Fsp3) is 0.800. The molecule has 1 aromatic rings. The van der Waals surface area contributed by atoms with Crippen molar-refractivity contribution in [3.8, 4) is 0 Å². The second kappa shape index (κ2) is 27.1. The van der Waals surface area contributed by atoms with Crippen LogP contribution in [0.5, 0.6) is 0 Å². The van der Waals surface area contributed by atoms with Gasteiger partial charge in [-0.15, -0.1) is 0 Å². The van der Waals surface area contributed by atoms with Gasteiger partial charge in [-0.05, 0) is 31.4 Å². The summed E-state index contributed by atoms with van der Waals surface area (Å²) >= 11 is 0. The van der Waals surface area contributed by atoms with E-state index in [-0.39, 0.29) is 0 Å². The standard InChI is InChI=1S/C40H72N2/c1-3-5-7-9-11-13-15-17-18-20-22-24-26-31-35-40-41(37-38-42(40)39-33-29-28-30-34-39)36-32-27-25-23-21-19-16-14-12-10-8-6-4-2/h28-30,33-34,37-38,40H,3-27,31-32,35-36H2,1-2H3. The lowest BCUT2D eigenvalue weighted by Gasteiger charge is -2.33. The highest BCUT2D eigenvalue weighted by molar-refractivity contribution is 5.51. The molecule has 1 aromatic carbocycles. The van der Waals surface area contributed by atoms with E-state index in [1.54, 1.807) is 0 Å². The smallest absolute Gasteiger partial charge is 0.105 e. The van der Waals surface area contributed by atoms with E-state index >= 15 is 0 Å². The zero-order chi connectivity index (χ0) is 29.8. The highest BCUT2D eigenvalue weighted by Gasteiger charge is 2.26. The first-order valence-electron chi connectivity index (χ1n) is 19.1. The molecule has 0 spiro atoms. The maximum atomic E-state index is 2.65. The Morgan fingerprint density at radius 3 is 1.24 bits per heavy atom. The average Bonchev–Trinajstić information content (AvgIpc) is 3.42. The molecule has 0 radical (unpaired) electrons. The minimum Gasteiger partial charge on any atom is -0.356 e. The molecule has 1 atom stereocenters. The van der Waals surface area contributed by atoms with E-state index in [1.807, 2.05) is 0 Å². The predicted molar refractivity (Wildman–Crippen MR) is 189 cm³/mol. The second-order valence-corrected chi connectivity index (χ2v) is 13.4. The molecule has 0 aromatic heterocycles. The van der Waals surface area contributed by atoms with Crippen LogP contribution in [-0.2, 0) is 0 Å². The molecule has 0 saturated carbocycles. The first-order valence-corrected chi connectivity index (χ1v) is 19.1. The molecular weight excluding hydrogens is 508 g/mol. The van der Waals surface area contributed by atoms with Gasteiger partial charge < -0.3 is 9.80 Å². The van der Waals surface area contributed by atoms with Gasteiger partial charge in [-0.1, -0.05) is 193 Å². The van der Waals surface area contributed by atoms with Crippen LogP contribution in [0.3, 0.4) is 0 Å². The second-order valence-electron chi connectivity index (χ2n) is 13.4. The summed E-state index contributed by atoms with van der Waals surface area (Å²) in [7, 11) is 0. The van der Waals surface area contributed by atoms with Crippen LogP contribution in [-0.4, -0.2) is 17.6 Å². The number of anilines is 1. The lowest BCUT2D eigenvalue weighted by molar-refractivity contribution is 0.273. The first-order chi connectivity index (χ1) is 20.9. The number of hydrogen-bond acceptors (Lipinski definition) is 2. The fourth-order valence-electron chi connectivity index (χ4n) is 6.74. The van der Waals surface area contributed by atoms with Crippen LogP contribution in [0.15, 0.2) is 42.7 Å². The van der Waals surface area contributed by atoms with E-state index in [0.717, 1.165) is 0 Å². The minimum atomic E-state index is 0.502. The van der Waals surface area contributed by atoms with E-state index in [0.29, 0.717) is 6.17 Å². The molecule has 2 heteroatoms. The third-order valence-corrected chi connectivity index (χ3v) is 9.51. The molecule has 0 N–H and O–H groups in total. The summed E-state index contributed by atoms with van der Waals surface area (Å²) in [5.74, 6) is 0. The number of unbranched alkanes of at least 4 members (excludes halogenated alkanes) is 25. The quantitative estimate of drug-likeness (QED) is 0.0835. The summed E-state index contributed by atoms with van der Waals surface area (Å²) in [6, 6.07) is 11.1. The predicted octanol–water partition coefficient (Wildman–Crippen LogP) is 13.6. The van der Waals surface area contributed by atoms with Gasteiger partial charge in [0.15, 0.2) is 0 Å². The van der Waals surface area contributed by atoms with Crippen molar-refractivity contribution in [2.45, 2.75) is 200 Å². The van der Waals surface area contributed by atoms with Crippen molar-refractivity contribution in [1.82, 2.24) is 4.90 Å². The maximum absolute atomic E-state index is 2.65. The van der Waals surface area contributed by atoms with Crippen molar-refractivity contribution in [2.75, 3.05) is 11.4 Å². The van der Waals surface area contributed by atoms with Crippen LogP contribution in [0, 0.1) is 0 Å². The Hall–Kier alpha value is -1.44. The molecule has 0 fully saturated rings. The summed E-state index contributed by atoms with van der Waals surface area (Å²) < 4.78 is 0. The van der Waals surface area contributed by atoms with Crippen LogP contribution in [0.25, 0.3) is 0 Å². The van der Waals surface area contributed by atoms with Crippen molar-refractivity contribution in [3.63, 3.8) is 0 Å². The van der Waals surface area contributed by atoms with Crippen molar-refractivity contribution < 1.29 is 0 Å². The van der Waals surface area contributed by atoms with Crippen LogP contribution >= 0.6 is 0 Å². The molecular formula is C40H72N2. The molecule has 242 valence electrons. The van der Waals surface area contributed by atoms with Gasteiger partial charge in [-0.3, -0.25) is 0 Å². The third-order valence-electron chi connectivity index (χ3n) is 9.51. The monoisotopic (exact) mass is 581 g/mol. The molecule has 1 unspecified atom stereocenters. The lowest BCUT2D eigenvalue weighted by atomic mass is 10.0. The normalized spacial score (nSPS) is 14.9. The van der Waals surface area contributed by atoms with Crippen molar-refractivity contribution in [1.29, 1.82) is 0 Å². The zero-order valence-electron chi connectivity index (χ0n) is 28.5. The molecule has 0 saturated heterocycles. The van der Waals surface area contributed by atoms with Crippen molar-refractivity contribution in [3.05, 3.63) is 42.7 Å². The molecule has 0 amide bonds. The third kappa shape index (κ3) is 18.3. The average molecular weight is 581 g/mol. The van der Waals surface area contributed by atoms with Gasteiger partial charge in [0, 0.05) is 24.6 Å². The van der Waals surface area contributed by atoms with Crippen molar-refractivity contribution in [2.24, 2.45) is 0 Å². The van der Waals surface area contributed by atoms with E-state index in [1.165, 1.54) is 192 Å². The Morgan fingerprint density at radius 2 is 0.810 bits per heavy atom. The highest BCUT2D eigenvalue weighted by Crippen LogP contribution is 2.28. The van der Waals surface area contributed by atoms with Crippen molar-refractivity contribution >= 4 is 5.69 Å². The molecule has 0 aliphatic carbocycles. The maximum Gasteiger partial charge on any atom is 0.105 e. The van der Waals surface area contributed by atoms with Crippen LogP contribution in [0.4, 0.5) is 5.69 Å². The van der Waals surface area contributed by atoms with Gasteiger partial charge in [0.2, 0.25) is 0 Å². The Labute approximate surface area is 264 Å². The highest BCUT2D eigenvalue weighted by atomic mass is 15.4. The first kappa shape index (κ1) is 36.8. The van der Waals surface area contributed by atoms with Crippen LogP contribution < -0.4 is 4.90 Å². The Balaban J connectivity index is 1.53. The van der Waals surface area contributed by atoms with Gasteiger partial charge >= 0.3 is 0 Å². The van der Waals surface area contributed by atoms with Gasteiger partial charge in [-0.2, -0.15) is 0 Å². The summed E-state index contributed by atoms with van der Waals surface area (Å²) in [6.45, 7) is 5.82. The summed E-state index contributed by atoms with van der Waals surface area (Å²) in [5.41, 5.74) is 1.34. The SMILES string of the molecule is CCCCCCCCCCCCCCCCC1N(CCCCCCCCCCCCCCC)C=CN1c1ccccc1. The Morgan fingerprint density at radius 1 is 0.429 bits per heavy atom. The molecule has 2 nitrogen and oxygen atoms in total. The van der Waals surface area contributed by atoms with E-state index in [9.17, 15) is 0 Å². The van der Waals surface area contributed by atoms with Gasteiger partial charge in [0.1, 0.15) is 6.17 Å². The van der Waals surface area contributed by atoms with E-state index < -0.39 is 0 Å². The van der Waals surface area contributed by atoms with Gasteiger partial charge in [0.05, 0.1) is 0 Å².